The monoisotopic (exact) mass is 287 g/mol. The number of hydrogen-bond donors (Lipinski definition) is 0. The van der Waals surface area contributed by atoms with E-state index in [1.165, 1.54) is 0 Å². The van der Waals surface area contributed by atoms with Gasteiger partial charge in [0.1, 0.15) is 0 Å². The van der Waals surface area contributed by atoms with Gasteiger partial charge in [0, 0.05) is 0 Å². The van der Waals surface area contributed by atoms with Crippen molar-refractivity contribution in [3.63, 3.8) is 0 Å². The van der Waals surface area contributed by atoms with Gasteiger partial charge in [-0.1, -0.05) is 0 Å². The van der Waals surface area contributed by atoms with E-state index < -0.39 is 0 Å². The first-order valence-corrected chi connectivity index (χ1v) is 0.730. The minimum absolute atomic E-state index is 0. The summed E-state index contributed by atoms with van der Waals surface area (Å²) in [6, 6.07) is 0. The van der Waals surface area contributed by atoms with E-state index in [0.29, 0.717) is 0 Å². The van der Waals surface area contributed by atoms with Crippen molar-refractivity contribution < 1.29 is 21.1 Å². The zero-order valence-corrected chi connectivity index (χ0v) is 5.12. The average Bonchev–Trinajstić information content (AvgIpc) is 1.39. The molecule has 0 spiro atoms. The Morgan fingerprint density at radius 2 is 1.00 bits per heavy atom. The Balaban J connectivity index is -0.0000000400. The maximum absolute atomic E-state index is 8.00. The first-order chi connectivity index (χ1) is 2.83. The molecule has 0 aliphatic rings. The molecule has 44 valence electrons. The third-order valence-electron chi connectivity index (χ3n) is 0. The smallest absolute Gasteiger partial charge is 0.444 e. The van der Waals surface area contributed by atoms with E-state index in [4.69, 9.17) is 20.2 Å². The fourth-order valence-electron chi connectivity index (χ4n) is 0. The van der Waals surface area contributed by atoms with E-state index in [2.05, 4.69) is 0 Å². The van der Waals surface area contributed by atoms with Gasteiger partial charge in [-0.05, 0) is 0 Å². The Morgan fingerprint density at radius 1 is 1.00 bits per heavy atom. The van der Waals surface area contributed by atoms with Crippen molar-refractivity contribution >= 4 is 0 Å². The van der Waals surface area contributed by atoms with E-state index in [1.807, 2.05) is 0 Å². The summed E-state index contributed by atoms with van der Waals surface area (Å²) >= 11 is 0. The molecule has 0 rings (SSSR count). The van der Waals surface area contributed by atoms with Gasteiger partial charge in [-0.3, -0.25) is 0 Å². The topological polar surface area (TPSA) is 105 Å². The average molecular weight is 287 g/mol. The predicted octanol–water partition coefficient (Wildman–Crippen LogP) is 0.499. The molecule has 0 aliphatic carbocycles. The maximum atomic E-state index is 8.00. The van der Waals surface area contributed by atoms with Crippen molar-refractivity contribution in [2.45, 2.75) is 0 Å². The molecular weight excluding hydrogens is 287 g/mol. The van der Waals surface area contributed by atoms with Crippen LogP contribution in [0.25, 0.3) is 0 Å². The van der Waals surface area contributed by atoms with Crippen molar-refractivity contribution in [3.05, 3.63) is 20.2 Å². The van der Waals surface area contributed by atoms with Crippen molar-refractivity contribution in [2.24, 2.45) is 10.7 Å². The van der Waals surface area contributed by atoms with E-state index in [0.717, 1.165) is 10.7 Å². The molecule has 0 N–H and O–H groups in total. The molecule has 0 saturated heterocycles. The summed E-state index contributed by atoms with van der Waals surface area (Å²) in [5.74, 6) is 0. The fourth-order valence-corrected chi connectivity index (χ4v) is 0. The molecule has 0 aliphatic heterocycles. The molecule has 0 radical (unpaired) electrons. The minimum atomic E-state index is 0. The van der Waals surface area contributed by atoms with Gasteiger partial charge in [0.05, 0.1) is 0 Å². The first kappa shape index (κ1) is 16.1. The molecule has 7 heteroatoms. The molecule has 0 saturated carbocycles. The van der Waals surface area contributed by atoms with E-state index in [1.54, 1.807) is 0 Å². The van der Waals surface area contributed by atoms with Crippen LogP contribution in [0.5, 0.6) is 0 Å². The van der Waals surface area contributed by atoms with E-state index >= 15 is 0 Å². The van der Waals surface area contributed by atoms with Crippen LogP contribution in [0.2, 0.25) is 0 Å². The minimum Gasteiger partial charge on any atom is -0.444 e. The second-order valence-electron chi connectivity index (χ2n) is 0.149. The van der Waals surface area contributed by atoms with Crippen LogP contribution in [0.1, 0.15) is 0 Å². The second-order valence-corrected chi connectivity index (χ2v) is 0.149. The molecule has 7 heavy (non-hydrogen) atoms. The zero-order valence-electron chi connectivity index (χ0n) is 2.84. The Kier molecular flexibility index (Phi) is 115. The summed E-state index contributed by atoms with van der Waals surface area (Å²) in [5.41, 5.74) is 0. The summed E-state index contributed by atoms with van der Waals surface area (Å²) < 4.78 is 0. The van der Waals surface area contributed by atoms with Crippen LogP contribution in [0.4, 0.5) is 0 Å². The van der Waals surface area contributed by atoms with Crippen LogP contribution < -0.4 is 0 Å². The molecule has 6 nitrogen and oxygen atoms in total. The Labute approximate surface area is 52.7 Å². The summed E-state index contributed by atoms with van der Waals surface area (Å²) in [5, 5.41) is 18.0. The quantitative estimate of drug-likeness (QED) is 0.477. The molecule has 0 unspecified atom stereocenters. The second kappa shape index (κ2) is 49.9. The standard InChI is InChI=1S/2HNO2.Pt/c2*2-1-3;/h2*(H,2,3);/q;;+2/p-2. The summed E-state index contributed by atoms with van der Waals surface area (Å²) in [7, 11) is 0. The summed E-state index contributed by atoms with van der Waals surface area (Å²) in [6.45, 7) is 0. The van der Waals surface area contributed by atoms with Crippen LogP contribution in [-0.2, 0) is 21.1 Å². The van der Waals surface area contributed by atoms with Crippen LogP contribution in [-0.4, -0.2) is 0 Å². The van der Waals surface area contributed by atoms with Crippen LogP contribution in [0.3, 0.4) is 0 Å². The normalized spacial score (nSPS) is 3.43. The SMILES string of the molecule is O=N[O-].O=N[O-].[Pt+2]. The molecule has 0 aromatic rings. The predicted molar refractivity (Wildman–Crippen MR) is 18.3 cm³/mol. The third-order valence-corrected chi connectivity index (χ3v) is 0. The van der Waals surface area contributed by atoms with Gasteiger partial charge in [-0.2, -0.15) is 0 Å². The van der Waals surface area contributed by atoms with Gasteiger partial charge >= 0.3 is 21.1 Å². The summed E-state index contributed by atoms with van der Waals surface area (Å²) in [4.78, 5) is 16.0. The third kappa shape index (κ3) is 255. The molecule has 0 bridgehead atoms. The summed E-state index contributed by atoms with van der Waals surface area (Å²) in [6.07, 6.45) is 0. The molecule has 0 heterocycles. The van der Waals surface area contributed by atoms with Gasteiger partial charge < -0.3 is 20.2 Å². The number of rotatable bonds is 0. The molecule has 0 aromatic carbocycles. The van der Waals surface area contributed by atoms with E-state index in [9.17, 15) is 0 Å². The molecule has 0 fully saturated rings. The van der Waals surface area contributed by atoms with Gasteiger partial charge in [0.2, 0.25) is 0 Å². The number of hydrogen-bond acceptors (Lipinski definition) is 6. The maximum Gasteiger partial charge on any atom is 2.00 e. The molecule has 0 amide bonds. The van der Waals surface area contributed by atoms with Crippen LogP contribution in [0, 0.1) is 20.2 Å². The van der Waals surface area contributed by atoms with Gasteiger partial charge in [0.15, 0.2) is 0 Å². The Bertz CT molecular complexity index is 30.7. The largest absolute Gasteiger partial charge is 2.00 e. The Morgan fingerprint density at radius 3 is 1.00 bits per heavy atom. The Hall–Kier alpha value is -0.512. The molecule has 0 atom stereocenters. The molecular formula is N2O4Pt. The van der Waals surface area contributed by atoms with Gasteiger partial charge in [-0.25, -0.2) is 0 Å². The van der Waals surface area contributed by atoms with Gasteiger partial charge in [0.25, 0.3) is 0 Å². The van der Waals surface area contributed by atoms with Crippen LogP contribution >= 0.6 is 0 Å². The van der Waals surface area contributed by atoms with Crippen molar-refractivity contribution in [2.75, 3.05) is 0 Å². The first-order valence-electron chi connectivity index (χ1n) is 0.730. The van der Waals surface area contributed by atoms with Crippen molar-refractivity contribution in [1.29, 1.82) is 0 Å². The van der Waals surface area contributed by atoms with Gasteiger partial charge in [-0.15, -0.1) is 10.7 Å². The zero-order chi connectivity index (χ0) is 5.41. The van der Waals surface area contributed by atoms with Crippen LogP contribution in [0.15, 0.2) is 10.7 Å². The van der Waals surface area contributed by atoms with E-state index in [-0.39, 0.29) is 21.1 Å². The fraction of sp³-hybridized carbons (Fsp3) is 0. The molecule has 0 aromatic heterocycles. The number of nitrogens with zero attached hydrogens (tertiary/aromatic N) is 2. The van der Waals surface area contributed by atoms with Crippen molar-refractivity contribution in [1.82, 2.24) is 0 Å². The van der Waals surface area contributed by atoms with Crippen molar-refractivity contribution in [3.8, 4) is 0 Å².